The van der Waals surface area contributed by atoms with Gasteiger partial charge in [-0.3, -0.25) is 30.2 Å². The van der Waals surface area contributed by atoms with Gasteiger partial charge < -0.3 is 30.3 Å². The maximum Gasteiger partial charge on any atom is 0.273 e. The Hall–Kier alpha value is -7.07. The minimum Gasteiger partial charge on any atom is -0.505 e. The minimum absolute atomic E-state index is 0. The van der Waals surface area contributed by atoms with Crippen LogP contribution >= 0.6 is 0 Å². The summed E-state index contributed by atoms with van der Waals surface area (Å²) >= 11 is 0. The second-order valence-electron chi connectivity index (χ2n) is 11.7. The number of aromatic hydroxyl groups is 4. The number of para-hydroxylation sites is 3. The molecular weight excluding hydrogens is 780 g/mol. The summed E-state index contributed by atoms with van der Waals surface area (Å²) in [5.41, 5.74) is 3.36. The Labute approximate surface area is 335 Å². The molecule has 6 aromatic rings. The van der Waals surface area contributed by atoms with Crippen LogP contribution in [-0.4, -0.2) is 74.5 Å². The van der Waals surface area contributed by atoms with E-state index in [2.05, 4.69) is 20.2 Å². The molecule has 0 saturated carbocycles. The first kappa shape index (κ1) is 42.7. The average Bonchev–Trinajstić information content (AvgIpc) is 3.70. The molecular formula is C38H36CrN8O10. The number of nitro benzene ring substituents is 2. The van der Waals surface area contributed by atoms with E-state index in [9.17, 15) is 45.8 Å². The van der Waals surface area contributed by atoms with Crippen LogP contribution in [0, 0.1) is 20.2 Å². The fourth-order valence-electron chi connectivity index (χ4n) is 5.45. The van der Waals surface area contributed by atoms with E-state index in [1.165, 1.54) is 53.2 Å². The van der Waals surface area contributed by atoms with Gasteiger partial charge in [-0.2, -0.15) is 19.6 Å². The number of aryl methyl sites for hydroxylation is 2. The number of non-ortho nitro benzene ring substituents is 2. The van der Waals surface area contributed by atoms with Gasteiger partial charge in [-0.15, -0.1) is 0 Å². The smallest absolute Gasteiger partial charge is 0.273 e. The van der Waals surface area contributed by atoms with E-state index in [1.54, 1.807) is 42.5 Å². The molecule has 0 saturated heterocycles. The number of aliphatic imine (C=N–C) groups is 2. The molecule has 0 spiro atoms. The second-order valence-corrected chi connectivity index (χ2v) is 11.7. The SMILES string of the molecule is CCc1nn(-c2ccccc2CO)c(O)c1C=Nc1ccc([N+](=O)[O-])cc1O.CCc1nn(-c2ccccc2OC)c(O)c1C=Nc1ccc([N+](=O)[O-])cc1O.[Cr]. The number of nitrogens with zero attached hydrogens (tertiary/aromatic N) is 8. The summed E-state index contributed by atoms with van der Waals surface area (Å²) in [5, 5.41) is 81.1. The number of aromatic nitrogens is 4. The topological polar surface area (TPSA) is 257 Å². The van der Waals surface area contributed by atoms with Gasteiger partial charge in [0.2, 0.25) is 11.8 Å². The zero-order valence-electron chi connectivity index (χ0n) is 30.6. The van der Waals surface area contributed by atoms with Gasteiger partial charge in [-0.1, -0.05) is 44.2 Å². The van der Waals surface area contributed by atoms with Crippen LogP contribution in [0.1, 0.15) is 41.9 Å². The van der Waals surface area contributed by atoms with Gasteiger partial charge in [0.05, 0.1) is 63.9 Å². The van der Waals surface area contributed by atoms with Crippen molar-refractivity contribution in [1.82, 2.24) is 19.6 Å². The van der Waals surface area contributed by atoms with E-state index in [0.717, 1.165) is 12.1 Å². The molecule has 0 amide bonds. The Morgan fingerprint density at radius 3 is 1.56 bits per heavy atom. The van der Waals surface area contributed by atoms with Crippen molar-refractivity contribution in [3.8, 4) is 40.4 Å². The number of ether oxygens (including phenoxy) is 1. The number of rotatable bonds is 12. The van der Waals surface area contributed by atoms with Crippen molar-refractivity contribution < 1.29 is 57.5 Å². The zero-order chi connectivity index (χ0) is 40.5. The molecule has 5 N–H and O–H groups in total. The predicted molar refractivity (Wildman–Crippen MR) is 206 cm³/mol. The second kappa shape index (κ2) is 19.0. The average molecular weight is 817 g/mol. The number of phenolic OH excluding ortho intramolecular Hbond substituents is 2. The van der Waals surface area contributed by atoms with Crippen LogP contribution in [0.4, 0.5) is 22.7 Å². The van der Waals surface area contributed by atoms with E-state index >= 15 is 0 Å². The molecule has 6 rings (SSSR count). The van der Waals surface area contributed by atoms with Gasteiger partial charge in [0.25, 0.3) is 11.4 Å². The zero-order valence-corrected chi connectivity index (χ0v) is 31.9. The number of aliphatic hydroxyl groups excluding tert-OH is 1. The number of methoxy groups -OCH3 is 1. The maximum absolute atomic E-state index is 10.8. The van der Waals surface area contributed by atoms with Gasteiger partial charge in [0.15, 0.2) is 0 Å². The molecule has 294 valence electrons. The molecule has 0 radical (unpaired) electrons. The van der Waals surface area contributed by atoms with Crippen molar-refractivity contribution in [2.24, 2.45) is 9.98 Å². The van der Waals surface area contributed by atoms with Gasteiger partial charge in [0.1, 0.15) is 34.3 Å². The molecule has 0 bridgehead atoms. The van der Waals surface area contributed by atoms with Crippen LogP contribution in [-0.2, 0) is 36.8 Å². The number of nitro groups is 2. The molecule has 0 aliphatic carbocycles. The number of benzene rings is 4. The van der Waals surface area contributed by atoms with E-state index in [1.807, 2.05) is 19.9 Å². The molecule has 4 aromatic carbocycles. The summed E-state index contributed by atoms with van der Waals surface area (Å²) in [5.74, 6) is -0.435. The van der Waals surface area contributed by atoms with Crippen LogP contribution in [0.5, 0.6) is 29.0 Å². The van der Waals surface area contributed by atoms with Crippen molar-refractivity contribution in [2.75, 3.05) is 7.11 Å². The molecule has 19 heteroatoms. The van der Waals surface area contributed by atoms with Crippen molar-refractivity contribution in [1.29, 1.82) is 0 Å². The van der Waals surface area contributed by atoms with E-state index in [-0.39, 0.29) is 70.0 Å². The van der Waals surface area contributed by atoms with Crippen LogP contribution in [0.3, 0.4) is 0 Å². The fourth-order valence-corrected chi connectivity index (χ4v) is 5.45. The van der Waals surface area contributed by atoms with Crippen molar-refractivity contribution >= 4 is 35.2 Å². The van der Waals surface area contributed by atoms with Gasteiger partial charge in [-0.05, 0) is 43.2 Å². The normalized spacial score (nSPS) is 10.9. The molecule has 0 aliphatic heterocycles. The number of phenols is 2. The Morgan fingerprint density at radius 2 is 1.14 bits per heavy atom. The first-order valence-electron chi connectivity index (χ1n) is 16.9. The van der Waals surface area contributed by atoms with Crippen LogP contribution in [0.15, 0.2) is 94.9 Å². The molecule has 18 nitrogen and oxygen atoms in total. The molecule has 0 aliphatic rings. The van der Waals surface area contributed by atoms with Crippen molar-refractivity contribution in [3.63, 3.8) is 0 Å². The summed E-state index contributed by atoms with van der Waals surface area (Å²) in [7, 11) is 1.53. The summed E-state index contributed by atoms with van der Waals surface area (Å²) in [6.07, 6.45) is 3.76. The summed E-state index contributed by atoms with van der Waals surface area (Å²) in [6, 6.07) is 21.3. The molecule has 57 heavy (non-hydrogen) atoms. The number of hydrogen-bond acceptors (Lipinski definition) is 14. The Balaban J connectivity index is 0.000000248. The summed E-state index contributed by atoms with van der Waals surface area (Å²) in [6.45, 7) is 3.54. The van der Waals surface area contributed by atoms with E-state index < -0.39 is 9.85 Å². The van der Waals surface area contributed by atoms with Crippen molar-refractivity contribution in [2.45, 2.75) is 33.3 Å². The molecule has 2 aromatic heterocycles. The largest absolute Gasteiger partial charge is 0.505 e. The quantitative estimate of drug-likeness (QED) is 0.0503. The number of hydrogen-bond donors (Lipinski definition) is 5. The molecule has 0 atom stereocenters. The third-order valence-corrected chi connectivity index (χ3v) is 8.32. The predicted octanol–water partition coefficient (Wildman–Crippen LogP) is 6.51. The van der Waals surface area contributed by atoms with E-state index in [0.29, 0.717) is 58.0 Å². The summed E-state index contributed by atoms with van der Waals surface area (Å²) < 4.78 is 8.00. The standard InChI is InChI=1S/2C19H18N4O5.Cr/c1-3-14-13(11-20-15-9-8-12(23(26)27)10-17(15)24)19(25)22(21-14)16-6-4-5-7-18(16)28-2;1-2-15-14(10-20-16-8-7-13(23(27)28)9-18(16)25)19(26)22(21-15)17-6-4-3-5-12(17)11-24;/h4-11,24-25H,3H2,1-2H3;3-10,24-26H,2,11H2,1H3;. The van der Waals surface area contributed by atoms with Crippen LogP contribution in [0.2, 0.25) is 0 Å². The van der Waals surface area contributed by atoms with Crippen LogP contribution < -0.4 is 4.74 Å². The first-order chi connectivity index (χ1) is 26.9. The molecule has 0 fully saturated rings. The Morgan fingerprint density at radius 1 is 0.702 bits per heavy atom. The number of aliphatic hydroxyl groups is 1. The Bertz CT molecular complexity index is 2290. The molecule has 2 heterocycles. The fraction of sp³-hybridized carbons (Fsp3) is 0.158. The summed E-state index contributed by atoms with van der Waals surface area (Å²) in [4.78, 5) is 28.6. The maximum atomic E-state index is 10.8. The minimum atomic E-state index is -0.614. The van der Waals surface area contributed by atoms with Gasteiger partial charge >= 0.3 is 0 Å². The third kappa shape index (κ3) is 9.43. The molecule has 0 unspecified atom stereocenters. The van der Waals surface area contributed by atoms with Gasteiger partial charge in [0, 0.05) is 47.5 Å². The van der Waals surface area contributed by atoms with Crippen molar-refractivity contribution in [3.05, 3.63) is 133 Å². The monoisotopic (exact) mass is 816 g/mol. The van der Waals surface area contributed by atoms with Gasteiger partial charge in [-0.25, -0.2) is 0 Å². The van der Waals surface area contributed by atoms with Crippen LogP contribution in [0.25, 0.3) is 11.4 Å². The Kier molecular flexibility index (Phi) is 14.2. The van der Waals surface area contributed by atoms with E-state index in [4.69, 9.17) is 4.74 Å². The third-order valence-electron chi connectivity index (χ3n) is 8.32. The first-order valence-corrected chi connectivity index (χ1v) is 16.9.